The summed E-state index contributed by atoms with van der Waals surface area (Å²) in [4.78, 5) is 2.26. The molecule has 104 valence electrons. The molecule has 0 radical (unpaired) electrons. The lowest BCUT2D eigenvalue weighted by molar-refractivity contribution is 0.181. The predicted octanol–water partition coefficient (Wildman–Crippen LogP) is 3.35. The molecule has 0 fully saturated rings. The van der Waals surface area contributed by atoms with Gasteiger partial charge in [0, 0.05) is 30.1 Å². The van der Waals surface area contributed by atoms with E-state index in [1.165, 1.54) is 5.56 Å². The zero-order valence-corrected chi connectivity index (χ0v) is 12.4. The van der Waals surface area contributed by atoms with Crippen LogP contribution in [0.1, 0.15) is 38.3 Å². The van der Waals surface area contributed by atoms with E-state index >= 15 is 0 Å². The first-order valence-electron chi connectivity index (χ1n) is 6.76. The fourth-order valence-corrected chi connectivity index (χ4v) is 2.43. The summed E-state index contributed by atoms with van der Waals surface area (Å²) < 4.78 is 0. The number of likely N-dealkylation sites (N-methyl/N-ethyl adjacent to an activating group) is 1. The van der Waals surface area contributed by atoms with Crippen LogP contribution in [0, 0.1) is 11.3 Å². The van der Waals surface area contributed by atoms with Crippen molar-refractivity contribution in [2.45, 2.75) is 38.8 Å². The van der Waals surface area contributed by atoms with Crippen molar-refractivity contribution in [1.29, 1.82) is 5.26 Å². The normalized spacial score (nSPS) is 14.1. The molecule has 1 rings (SSSR count). The first-order valence-corrected chi connectivity index (χ1v) is 7.13. The van der Waals surface area contributed by atoms with E-state index in [-0.39, 0.29) is 12.1 Å². The van der Waals surface area contributed by atoms with Crippen LogP contribution in [0.4, 0.5) is 0 Å². The number of benzene rings is 1. The van der Waals surface area contributed by atoms with Crippen LogP contribution < -0.4 is 5.73 Å². The summed E-state index contributed by atoms with van der Waals surface area (Å²) in [6, 6.07) is 10.2. The predicted molar refractivity (Wildman–Crippen MR) is 79.9 cm³/mol. The van der Waals surface area contributed by atoms with Gasteiger partial charge in [0.25, 0.3) is 0 Å². The van der Waals surface area contributed by atoms with Crippen molar-refractivity contribution in [3.05, 3.63) is 34.9 Å². The Hall–Kier alpha value is -1.08. The van der Waals surface area contributed by atoms with Gasteiger partial charge in [-0.25, -0.2) is 0 Å². The summed E-state index contributed by atoms with van der Waals surface area (Å²) >= 11 is 5.94. The summed E-state index contributed by atoms with van der Waals surface area (Å²) in [6.45, 7) is 5.81. The van der Waals surface area contributed by atoms with Crippen molar-refractivity contribution in [3.8, 4) is 6.07 Å². The average molecular weight is 280 g/mol. The van der Waals surface area contributed by atoms with Crippen LogP contribution >= 0.6 is 11.6 Å². The molecular formula is C15H22ClN3. The van der Waals surface area contributed by atoms with Gasteiger partial charge in [0.15, 0.2) is 0 Å². The van der Waals surface area contributed by atoms with Crippen molar-refractivity contribution < 1.29 is 0 Å². The molecule has 0 spiro atoms. The molecule has 0 bridgehead atoms. The second kappa shape index (κ2) is 8.16. The number of halogens is 1. The molecule has 0 aliphatic carbocycles. The largest absolute Gasteiger partial charge is 0.326 e. The highest BCUT2D eigenvalue weighted by Gasteiger charge is 2.24. The minimum absolute atomic E-state index is 0.0554. The van der Waals surface area contributed by atoms with Gasteiger partial charge in [0.05, 0.1) is 6.07 Å². The molecule has 2 unspecified atom stereocenters. The molecule has 2 atom stereocenters. The highest BCUT2D eigenvalue weighted by Crippen LogP contribution is 2.26. The van der Waals surface area contributed by atoms with Crippen LogP contribution in [-0.2, 0) is 0 Å². The van der Waals surface area contributed by atoms with Gasteiger partial charge in [-0.2, -0.15) is 5.26 Å². The molecule has 0 heterocycles. The van der Waals surface area contributed by atoms with Gasteiger partial charge in [-0.05, 0) is 30.7 Å². The van der Waals surface area contributed by atoms with E-state index in [1.807, 2.05) is 24.3 Å². The third-order valence-corrected chi connectivity index (χ3v) is 3.65. The highest BCUT2D eigenvalue weighted by molar-refractivity contribution is 6.30. The number of nitrogens with zero attached hydrogens (tertiary/aromatic N) is 2. The van der Waals surface area contributed by atoms with Crippen LogP contribution in [-0.4, -0.2) is 24.0 Å². The second-order valence-electron chi connectivity index (χ2n) is 4.61. The van der Waals surface area contributed by atoms with E-state index in [4.69, 9.17) is 22.6 Å². The quantitative estimate of drug-likeness (QED) is 0.833. The van der Waals surface area contributed by atoms with Gasteiger partial charge < -0.3 is 5.73 Å². The third-order valence-electron chi connectivity index (χ3n) is 3.40. The van der Waals surface area contributed by atoms with Crippen LogP contribution in [0.3, 0.4) is 0 Å². The van der Waals surface area contributed by atoms with E-state index in [9.17, 15) is 0 Å². The fraction of sp³-hybridized carbons (Fsp3) is 0.533. The fourth-order valence-electron chi connectivity index (χ4n) is 2.30. The summed E-state index contributed by atoms with van der Waals surface area (Å²) in [5.74, 6) is 0. The maximum atomic E-state index is 8.77. The Labute approximate surface area is 121 Å². The molecule has 1 aromatic carbocycles. The third kappa shape index (κ3) is 4.50. The van der Waals surface area contributed by atoms with E-state index in [0.29, 0.717) is 6.42 Å². The Morgan fingerprint density at radius 3 is 2.42 bits per heavy atom. The van der Waals surface area contributed by atoms with Gasteiger partial charge in [0.1, 0.15) is 0 Å². The topological polar surface area (TPSA) is 53.0 Å². The van der Waals surface area contributed by atoms with Crippen LogP contribution in [0.25, 0.3) is 0 Å². The first kappa shape index (κ1) is 16.0. The summed E-state index contributed by atoms with van der Waals surface area (Å²) in [7, 11) is 0. The SMILES string of the molecule is CCC(N)C(c1ccc(Cl)cc1)N(CC)CCC#N. The number of hydrogen-bond acceptors (Lipinski definition) is 3. The number of hydrogen-bond donors (Lipinski definition) is 1. The van der Waals surface area contributed by atoms with Crippen molar-refractivity contribution >= 4 is 11.6 Å². The lowest BCUT2D eigenvalue weighted by Crippen LogP contribution is -2.41. The summed E-state index contributed by atoms with van der Waals surface area (Å²) in [5, 5.41) is 9.50. The Morgan fingerprint density at radius 1 is 1.32 bits per heavy atom. The first-order chi connectivity index (χ1) is 9.13. The molecule has 0 saturated heterocycles. The van der Waals surface area contributed by atoms with Gasteiger partial charge in [-0.3, -0.25) is 4.90 Å². The van der Waals surface area contributed by atoms with Crippen molar-refractivity contribution in [1.82, 2.24) is 4.90 Å². The zero-order valence-electron chi connectivity index (χ0n) is 11.6. The summed E-state index contributed by atoms with van der Waals surface area (Å²) in [5.41, 5.74) is 7.44. The van der Waals surface area contributed by atoms with Gasteiger partial charge in [-0.15, -0.1) is 0 Å². The lowest BCUT2D eigenvalue weighted by Gasteiger charge is -2.34. The molecule has 0 aliphatic heterocycles. The van der Waals surface area contributed by atoms with Crippen LogP contribution in [0.5, 0.6) is 0 Å². The van der Waals surface area contributed by atoms with Crippen LogP contribution in [0.15, 0.2) is 24.3 Å². The maximum absolute atomic E-state index is 8.77. The Morgan fingerprint density at radius 2 is 1.95 bits per heavy atom. The van der Waals surface area contributed by atoms with Crippen molar-refractivity contribution in [2.75, 3.05) is 13.1 Å². The average Bonchev–Trinajstić information content (AvgIpc) is 2.44. The molecule has 4 heteroatoms. The number of rotatable bonds is 7. The van der Waals surface area contributed by atoms with Crippen molar-refractivity contribution in [2.24, 2.45) is 5.73 Å². The Balaban J connectivity index is 2.99. The van der Waals surface area contributed by atoms with Gasteiger partial charge in [-0.1, -0.05) is 37.6 Å². The second-order valence-corrected chi connectivity index (χ2v) is 5.04. The highest BCUT2D eigenvalue weighted by atomic mass is 35.5. The Kier molecular flexibility index (Phi) is 6.86. The van der Waals surface area contributed by atoms with Gasteiger partial charge in [0.2, 0.25) is 0 Å². The minimum Gasteiger partial charge on any atom is -0.326 e. The molecule has 19 heavy (non-hydrogen) atoms. The van der Waals surface area contributed by atoms with E-state index in [2.05, 4.69) is 24.8 Å². The molecule has 0 amide bonds. The van der Waals surface area contributed by atoms with E-state index in [0.717, 1.165) is 24.5 Å². The molecular weight excluding hydrogens is 258 g/mol. The smallest absolute Gasteiger partial charge is 0.0635 e. The lowest BCUT2D eigenvalue weighted by atomic mass is 9.96. The zero-order chi connectivity index (χ0) is 14.3. The molecule has 1 aromatic rings. The summed E-state index contributed by atoms with van der Waals surface area (Å²) in [6.07, 6.45) is 1.42. The molecule has 2 N–H and O–H groups in total. The minimum atomic E-state index is 0.0554. The van der Waals surface area contributed by atoms with Gasteiger partial charge >= 0.3 is 0 Å². The molecule has 0 saturated carbocycles. The Bertz CT molecular complexity index is 410. The molecule has 0 aromatic heterocycles. The number of nitrogens with two attached hydrogens (primary N) is 1. The van der Waals surface area contributed by atoms with E-state index in [1.54, 1.807) is 0 Å². The number of nitriles is 1. The monoisotopic (exact) mass is 279 g/mol. The molecule has 3 nitrogen and oxygen atoms in total. The standard InChI is InChI=1S/C15H22ClN3/c1-3-14(18)15(19(4-2)11-5-10-17)12-6-8-13(16)9-7-12/h6-9,14-15H,3-5,11,18H2,1-2H3. The molecule has 0 aliphatic rings. The van der Waals surface area contributed by atoms with Crippen molar-refractivity contribution in [3.63, 3.8) is 0 Å². The van der Waals surface area contributed by atoms with Crippen LogP contribution in [0.2, 0.25) is 5.02 Å². The van der Waals surface area contributed by atoms with E-state index < -0.39 is 0 Å². The maximum Gasteiger partial charge on any atom is 0.0635 e.